The second kappa shape index (κ2) is 7.10. The molecule has 142 valence electrons. The van der Waals surface area contributed by atoms with Crippen molar-refractivity contribution in [3.63, 3.8) is 0 Å². The predicted molar refractivity (Wildman–Crippen MR) is 102 cm³/mol. The van der Waals surface area contributed by atoms with Crippen molar-refractivity contribution in [2.45, 2.75) is 19.0 Å². The Morgan fingerprint density at radius 1 is 1.21 bits per heavy atom. The molecule has 1 aromatic heterocycles. The molecule has 1 aliphatic rings. The zero-order valence-electron chi connectivity index (χ0n) is 14.7. The molecule has 0 saturated heterocycles. The smallest absolute Gasteiger partial charge is 0.267 e. The van der Waals surface area contributed by atoms with Crippen molar-refractivity contribution < 1.29 is 14.0 Å². The first kappa shape index (κ1) is 17.7. The zero-order chi connectivity index (χ0) is 19.7. The van der Waals surface area contributed by atoms with Gasteiger partial charge in [-0.2, -0.15) is 5.10 Å². The fraction of sp³-hybridized carbons (Fsp3) is 0.158. The zero-order valence-corrected chi connectivity index (χ0v) is 14.7. The van der Waals surface area contributed by atoms with Gasteiger partial charge in [-0.05, 0) is 36.4 Å². The van der Waals surface area contributed by atoms with Crippen molar-refractivity contribution in [3.05, 3.63) is 60.2 Å². The number of rotatable bonds is 5. The van der Waals surface area contributed by atoms with E-state index in [-0.39, 0.29) is 18.7 Å². The third kappa shape index (κ3) is 3.41. The SMILES string of the molecule is NC(=O)C1CC(C(=O)NCc2nc3ccccc3[nH]2)=NN1c1ccc(F)cc1. The third-order valence-corrected chi connectivity index (χ3v) is 4.45. The van der Waals surface area contributed by atoms with E-state index < -0.39 is 23.7 Å². The summed E-state index contributed by atoms with van der Waals surface area (Å²) in [6.07, 6.45) is 0.0681. The lowest BCUT2D eigenvalue weighted by atomic mass is 10.1. The number of halogens is 1. The fourth-order valence-electron chi connectivity index (χ4n) is 3.06. The summed E-state index contributed by atoms with van der Waals surface area (Å²) in [4.78, 5) is 31.8. The maximum Gasteiger partial charge on any atom is 0.267 e. The number of hydrogen-bond acceptors (Lipinski definition) is 5. The average molecular weight is 380 g/mol. The molecular formula is C19H17FN6O2. The van der Waals surface area contributed by atoms with E-state index in [1.807, 2.05) is 24.3 Å². The van der Waals surface area contributed by atoms with E-state index in [4.69, 9.17) is 5.73 Å². The molecule has 1 aliphatic heterocycles. The Bertz CT molecular complexity index is 1040. The maximum absolute atomic E-state index is 13.2. The molecule has 4 rings (SSSR count). The molecule has 0 aliphatic carbocycles. The molecule has 0 radical (unpaired) electrons. The number of H-pyrrole nitrogens is 1. The first-order valence-corrected chi connectivity index (χ1v) is 8.64. The molecule has 1 atom stereocenters. The summed E-state index contributed by atoms with van der Waals surface area (Å²) < 4.78 is 13.2. The number of fused-ring (bicyclic) bond motifs is 1. The molecule has 3 aromatic rings. The summed E-state index contributed by atoms with van der Waals surface area (Å²) in [6, 6.07) is 12.2. The Kier molecular flexibility index (Phi) is 4.48. The summed E-state index contributed by atoms with van der Waals surface area (Å²) in [5.41, 5.74) is 7.78. The standard InChI is InChI=1S/C19H17FN6O2/c20-11-5-7-12(8-6-11)26-16(18(21)27)9-15(25-26)19(28)22-10-17-23-13-3-1-2-4-14(13)24-17/h1-8,16H,9-10H2,(H2,21,27)(H,22,28)(H,23,24). The average Bonchev–Trinajstić information content (AvgIpc) is 3.31. The lowest BCUT2D eigenvalue weighted by Crippen LogP contribution is -2.39. The van der Waals surface area contributed by atoms with Gasteiger partial charge in [0.2, 0.25) is 5.91 Å². The monoisotopic (exact) mass is 380 g/mol. The molecule has 2 aromatic carbocycles. The van der Waals surface area contributed by atoms with Crippen LogP contribution in [0.3, 0.4) is 0 Å². The van der Waals surface area contributed by atoms with Gasteiger partial charge in [0.15, 0.2) is 0 Å². The number of para-hydroxylation sites is 2. The molecule has 1 unspecified atom stereocenters. The largest absolute Gasteiger partial charge is 0.368 e. The van der Waals surface area contributed by atoms with Crippen LogP contribution in [0.5, 0.6) is 0 Å². The molecule has 0 fully saturated rings. The number of nitrogens with zero attached hydrogens (tertiary/aromatic N) is 3. The van der Waals surface area contributed by atoms with Crippen LogP contribution in [0.15, 0.2) is 53.6 Å². The van der Waals surface area contributed by atoms with Crippen LogP contribution in [0.25, 0.3) is 11.0 Å². The number of hydrazone groups is 1. The van der Waals surface area contributed by atoms with Gasteiger partial charge in [-0.3, -0.25) is 14.6 Å². The number of anilines is 1. The Labute approximate surface area is 159 Å². The summed E-state index contributed by atoms with van der Waals surface area (Å²) in [6.45, 7) is 0.185. The maximum atomic E-state index is 13.2. The molecule has 2 amide bonds. The van der Waals surface area contributed by atoms with Gasteiger partial charge >= 0.3 is 0 Å². The van der Waals surface area contributed by atoms with Gasteiger partial charge < -0.3 is 16.0 Å². The number of carbonyl (C=O) groups excluding carboxylic acids is 2. The second-order valence-electron chi connectivity index (χ2n) is 6.37. The van der Waals surface area contributed by atoms with Crippen molar-refractivity contribution >= 4 is 34.2 Å². The van der Waals surface area contributed by atoms with E-state index in [0.29, 0.717) is 11.5 Å². The number of primary amides is 1. The van der Waals surface area contributed by atoms with Crippen LogP contribution in [-0.4, -0.2) is 33.5 Å². The summed E-state index contributed by atoms with van der Waals surface area (Å²) >= 11 is 0. The van der Waals surface area contributed by atoms with Crippen LogP contribution >= 0.6 is 0 Å². The highest BCUT2D eigenvalue weighted by Gasteiger charge is 2.34. The number of aromatic amines is 1. The number of hydrogen-bond donors (Lipinski definition) is 3. The highest BCUT2D eigenvalue weighted by Crippen LogP contribution is 2.25. The summed E-state index contributed by atoms with van der Waals surface area (Å²) in [5.74, 6) is -0.842. The van der Waals surface area contributed by atoms with Crippen molar-refractivity contribution in [2.75, 3.05) is 5.01 Å². The number of carbonyl (C=O) groups is 2. The van der Waals surface area contributed by atoms with Gasteiger partial charge in [-0.15, -0.1) is 0 Å². The third-order valence-electron chi connectivity index (χ3n) is 4.45. The molecule has 0 spiro atoms. The van der Waals surface area contributed by atoms with E-state index in [0.717, 1.165) is 11.0 Å². The van der Waals surface area contributed by atoms with Gasteiger partial charge in [-0.1, -0.05) is 12.1 Å². The Morgan fingerprint density at radius 3 is 2.68 bits per heavy atom. The van der Waals surface area contributed by atoms with E-state index in [9.17, 15) is 14.0 Å². The fourth-order valence-corrected chi connectivity index (χ4v) is 3.06. The van der Waals surface area contributed by atoms with Crippen LogP contribution in [0.4, 0.5) is 10.1 Å². The van der Waals surface area contributed by atoms with E-state index in [2.05, 4.69) is 20.4 Å². The molecule has 8 nitrogen and oxygen atoms in total. The van der Waals surface area contributed by atoms with Gasteiger partial charge in [0, 0.05) is 6.42 Å². The van der Waals surface area contributed by atoms with E-state index in [1.54, 1.807) is 0 Å². The quantitative estimate of drug-likeness (QED) is 0.621. The first-order chi connectivity index (χ1) is 13.5. The van der Waals surface area contributed by atoms with Crippen molar-refractivity contribution in [1.29, 1.82) is 0 Å². The molecule has 0 bridgehead atoms. The Balaban J connectivity index is 1.49. The minimum Gasteiger partial charge on any atom is -0.368 e. The normalized spacial score (nSPS) is 16.2. The Hall–Kier alpha value is -3.75. The minimum absolute atomic E-state index is 0.0681. The number of imidazole rings is 1. The topological polar surface area (TPSA) is 116 Å². The summed E-state index contributed by atoms with van der Waals surface area (Å²) in [5, 5.41) is 8.31. The van der Waals surface area contributed by atoms with Crippen molar-refractivity contribution in [2.24, 2.45) is 10.8 Å². The van der Waals surface area contributed by atoms with Crippen molar-refractivity contribution in [3.8, 4) is 0 Å². The molecule has 9 heteroatoms. The van der Waals surface area contributed by atoms with Gasteiger partial charge in [0.1, 0.15) is 23.4 Å². The minimum atomic E-state index is -0.808. The van der Waals surface area contributed by atoms with Gasteiger partial charge in [0.05, 0.1) is 23.3 Å². The lowest BCUT2D eigenvalue weighted by Gasteiger charge is -2.20. The highest BCUT2D eigenvalue weighted by molar-refractivity contribution is 6.40. The van der Waals surface area contributed by atoms with Crippen molar-refractivity contribution in [1.82, 2.24) is 15.3 Å². The van der Waals surface area contributed by atoms with Gasteiger partial charge in [0.25, 0.3) is 5.91 Å². The molecular weight excluding hydrogens is 363 g/mol. The molecule has 4 N–H and O–H groups in total. The Morgan fingerprint density at radius 2 is 1.96 bits per heavy atom. The van der Waals surface area contributed by atoms with Crippen LogP contribution in [0, 0.1) is 5.82 Å². The van der Waals surface area contributed by atoms with Crippen LogP contribution in [0.1, 0.15) is 12.2 Å². The van der Waals surface area contributed by atoms with E-state index in [1.165, 1.54) is 29.3 Å². The number of aromatic nitrogens is 2. The molecule has 2 heterocycles. The van der Waals surface area contributed by atoms with Gasteiger partial charge in [-0.25, -0.2) is 9.37 Å². The van der Waals surface area contributed by atoms with Crippen LogP contribution in [-0.2, 0) is 16.1 Å². The number of benzene rings is 2. The second-order valence-corrected chi connectivity index (χ2v) is 6.37. The van der Waals surface area contributed by atoms with Crippen LogP contribution in [0.2, 0.25) is 0 Å². The number of nitrogens with two attached hydrogens (primary N) is 1. The number of nitrogens with one attached hydrogen (secondary N) is 2. The highest BCUT2D eigenvalue weighted by atomic mass is 19.1. The summed E-state index contributed by atoms with van der Waals surface area (Å²) in [7, 11) is 0. The lowest BCUT2D eigenvalue weighted by molar-refractivity contribution is -0.119. The number of amides is 2. The van der Waals surface area contributed by atoms with Crippen LogP contribution < -0.4 is 16.1 Å². The first-order valence-electron chi connectivity index (χ1n) is 8.64. The predicted octanol–water partition coefficient (Wildman–Crippen LogP) is 1.44. The molecule has 28 heavy (non-hydrogen) atoms. The molecule has 0 saturated carbocycles. The van der Waals surface area contributed by atoms with E-state index >= 15 is 0 Å².